The van der Waals surface area contributed by atoms with Crippen molar-refractivity contribution < 1.29 is 13.9 Å². The molecular weight excluding hydrogens is 272 g/mol. The van der Waals surface area contributed by atoms with E-state index >= 15 is 0 Å². The molecule has 7 nitrogen and oxygen atoms in total. The van der Waals surface area contributed by atoms with Gasteiger partial charge in [0.15, 0.2) is 0 Å². The Morgan fingerprint density at radius 1 is 1.10 bits per heavy atom. The molecule has 1 aromatic heterocycles. The molecule has 0 aliphatic heterocycles. The van der Waals surface area contributed by atoms with Crippen molar-refractivity contribution in [2.24, 2.45) is 0 Å². The molecule has 0 saturated carbocycles. The zero-order valence-electron chi connectivity index (χ0n) is 13.6. The number of hydrogen-bond donors (Lipinski definition) is 1. The van der Waals surface area contributed by atoms with Crippen LogP contribution in [-0.4, -0.2) is 56.3 Å². The number of nitrogens with one attached hydrogen (secondary N) is 1. The summed E-state index contributed by atoms with van der Waals surface area (Å²) < 4.78 is 16.6. The monoisotopic (exact) mass is 300 g/mol. The fourth-order valence-corrected chi connectivity index (χ4v) is 1.86. The molecule has 1 aromatic rings. The van der Waals surface area contributed by atoms with Gasteiger partial charge in [-0.3, -0.25) is 0 Å². The van der Waals surface area contributed by atoms with Crippen LogP contribution in [0.1, 0.15) is 39.6 Å². The number of rotatable bonds is 12. The second-order valence-electron chi connectivity index (χ2n) is 4.58. The van der Waals surface area contributed by atoms with Crippen LogP contribution in [0.15, 0.2) is 4.42 Å². The molecule has 1 unspecified atom stereocenters. The highest BCUT2D eigenvalue weighted by atomic mass is 16.5. The van der Waals surface area contributed by atoms with Crippen LogP contribution >= 0.6 is 0 Å². The van der Waals surface area contributed by atoms with Crippen molar-refractivity contribution in [1.82, 2.24) is 15.5 Å². The molecule has 0 bridgehead atoms. The predicted octanol–water partition coefficient (Wildman–Crippen LogP) is 1.62. The number of aromatic nitrogens is 2. The molecule has 0 spiro atoms. The van der Waals surface area contributed by atoms with Crippen molar-refractivity contribution in [2.75, 3.05) is 51.0 Å². The van der Waals surface area contributed by atoms with Crippen LogP contribution in [0, 0.1) is 0 Å². The van der Waals surface area contributed by atoms with Gasteiger partial charge < -0.3 is 24.1 Å². The van der Waals surface area contributed by atoms with Crippen LogP contribution in [0.2, 0.25) is 0 Å². The van der Waals surface area contributed by atoms with Gasteiger partial charge in [0, 0.05) is 26.3 Å². The van der Waals surface area contributed by atoms with E-state index < -0.39 is 0 Å². The van der Waals surface area contributed by atoms with Crippen molar-refractivity contribution in [1.29, 1.82) is 0 Å². The lowest BCUT2D eigenvalue weighted by molar-refractivity contribution is 0.140. The average molecular weight is 300 g/mol. The minimum atomic E-state index is 0.0527. The summed E-state index contributed by atoms with van der Waals surface area (Å²) in [7, 11) is 0. The van der Waals surface area contributed by atoms with E-state index in [0.29, 0.717) is 51.4 Å². The number of hydrogen-bond acceptors (Lipinski definition) is 7. The first-order valence-corrected chi connectivity index (χ1v) is 7.70. The second-order valence-corrected chi connectivity index (χ2v) is 4.58. The van der Waals surface area contributed by atoms with Gasteiger partial charge in [0.25, 0.3) is 0 Å². The Hall–Kier alpha value is -1.18. The summed E-state index contributed by atoms with van der Waals surface area (Å²) in [4.78, 5) is 2.00. The first-order chi connectivity index (χ1) is 10.2. The molecule has 122 valence electrons. The molecule has 0 amide bonds. The highest BCUT2D eigenvalue weighted by Crippen LogP contribution is 2.17. The Bertz CT molecular complexity index is 363. The van der Waals surface area contributed by atoms with Gasteiger partial charge in [-0.2, -0.15) is 0 Å². The molecule has 1 N–H and O–H groups in total. The molecule has 0 aliphatic rings. The van der Waals surface area contributed by atoms with E-state index in [1.807, 2.05) is 32.6 Å². The first kappa shape index (κ1) is 17.9. The highest BCUT2D eigenvalue weighted by molar-refractivity contribution is 5.24. The maximum Gasteiger partial charge on any atom is 0.318 e. The molecule has 0 radical (unpaired) electrons. The van der Waals surface area contributed by atoms with Crippen LogP contribution in [0.5, 0.6) is 0 Å². The van der Waals surface area contributed by atoms with E-state index in [2.05, 4.69) is 15.5 Å². The summed E-state index contributed by atoms with van der Waals surface area (Å²) in [6.07, 6.45) is 0. The molecule has 1 rings (SSSR count). The second kappa shape index (κ2) is 10.5. The van der Waals surface area contributed by atoms with Gasteiger partial charge in [0.05, 0.1) is 19.3 Å². The van der Waals surface area contributed by atoms with Crippen molar-refractivity contribution >= 4 is 6.01 Å². The highest BCUT2D eigenvalue weighted by Gasteiger charge is 2.17. The Balaban J connectivity index is 2.62. The van der Waals surface area contributed by atoms with E-state index in [1.165, 1.54) is 0 Å². The largest absolute Gasteiger partial charge is 0.406 e. The summed E-state index contributed by atoms with van der Waals surface area (Å²) in [5, 5.41) is 11.5. The fraction of sp³-hybridized carbons (Fsp3) is 0.857. The third-order valence-electron chi connectivity index (χ3n) is 3.00. The Morgan fingerprint density at radius 2 is 1.71 bits per heavy atom. The molecular formula is C14H28N4O3. The minimum absolute atomic E-state index is 0.0527. The first-order valence-electron chi connectivity index (χ1n) is 7.70. The van der Waals surface area contributed by atoms with Crippen molar-refractivity contribution in [3.05, 3.63) is 5.89 Å². The molecule has 0 saturated heterocycles. The molecule has 0 aromatic carbocycles. The quantitative estimate of drug-likeness (QED) is 0.588. The third kappa shape index (κ3) is 6.41. The predicted molar refractivity (Wildman–Crippen MR) is 81.6 cm³/mol. The van der Waals surface area contributed by atoms with Gasteiger partial charge in [0.2, 0.25) is 5.89 Å². The van der Waals surface area contributed by atoms with E-state index in [1.54, 1.807) is 0 Å². The molecule has 1 heterocycles. The molecule has 1 atom stereocenters. The maximum absolute atomic E-state index is 5.75. The number of nitrogens with zero attached hydrogens (tertiary/aromatic N) is 3. The summed E-state index contributed by atoms with van der Waals surface area (Å²) >= 11 is 0. The summed E-state index contributed by atoms with van der Waals surface area (Å²) in [6, 6.07) is 0.575. The molecule has 0 fully saturated rings. The van der Waals surface area contributed by atoms with Crippen LogP contribution in [0.3, 0.4) is 0 Å². The van der Waals surface area contributed by atoms with Gasteiger partial charge in [-0.15, -0.1) is 5.10 Å². The lowest BCUT2D eigenvalue weighted by Crippen LogP contribution is -2.31. The third-order valence-corrected chi connectivity index (χ3v) is 3.00. The van der Waals surface area contributed by atoms with Crippen LogP contribution in [0.4, 0.5) is 6.01 Å². The average Bonchev–Trinajstić information content (AvgIpc) is 2.96. The molecule has 0 aliphatic carbocycles. The zero-order valence-corrected chi connectivity index (χ0v) is 13.6. The SMILES string of the molecule is CCNC(C)c1nnc(N(CCOCC)CCOCC)o1. The fourth-order valence-electron chi connectivity index (χ4n) is 1.86. The van der Waals surface area contributed by atoms with Gasteiger partial charge >= 0.3 is 6.01 Å². The van der Waals surface area contributed by atoms with Crippen LogP contribution in [-0.2, 0) is 9.47 Å². The maximum atomic E-state index is 5.75. The Morgan fingerprint density at radius 3 is 2.24 bits per heavy atom. The van der Waals surface area contributed by atoms with Crippen molar-refractivity contribution in [3.8, 4) is 0 Å². The van der Waals surface area contributed by atoms with E-state index in [9.17, 15) is 0 Å². The van der Waals surface area contributed by atoms with Gasteiger partial charge in [0.1, 0.15) is 0 Å². The van der Waals surface area contributed by atoms with Crippen molar-refractivity contribution in [2.45, 2.75) is 33.7 Å². The van der Waals surface area contributed by atoms with Gasteiger partial charge in [-0.1, -0.05) is 12.0 Å². The van der Waals surface area contributed by atoms with E-state index in [0.717, 1.165) is 6.54 Å². The molecule has 7 heteroatoms. The number of anilines is 1. The van der Waals surface area contributed by atoms with Gasteiger partial charge in [-0.05, 0) is 27.3 Å². The molecule has 21 heavy (non-hydrogen) atoms. The summed E-state index contributed by atoms with van der Waals surface area (Å²) in [5.74, 6) is 0.602. The van der Waals surface area contributed by atoms with Crippen LogP contribution < -0.4 is 10.2 Å². The Labute approximate surface area is 127 Å². The summed E-state index contributed by atoms with van der Waals surface area (Å²) in [6.45, 7) is 12.9. The van der Waals surface area contributed by atoms with Crippen molar-refractivity contribution in [3.63, 3.8) is 0 Å². The lowest BCUT2D eigenvalue weighted by Gasteiger charge is -2.19. The normalized spacial score (nSPS) is 12.6. The topological polar surface area (TPSA) is 72.7 Å². The zero-order chi connectivity index (χ0) is 15.5. The van der Waals surface area contributed by atoms with E-state index in [4.69, 9.17) is 13.9 Å². The number of ether oxygens (including phenoxy) is 2. The Kier molecular flexibility index (Phi) is 8.96. The van der Waals surface area contributed by atoms with Crippen LogP contribution in [0.25, 0.3) is 0 Å². The van der Waals surface area contributed by atoms with E-state index in [-0.39, 0.29) is 6.04 Å². The van der Waals surface area contributed by atoms with Gasteiger partial charge in [-0.25, -0.2) is 0 Å². The standard InChI is InChI=1S/C14H28N4O3/c1-5-15-12(4)13-16-17-14(21-13)18(8-10-19-6-2)9-11-20-7-3/h12,15H,5-11H2,1-4H3. The lowest BCUT2D eigenvalue weighted by atomic mass is 10.3. The summed E-state index contributed by atoms with van der Waals surface area (Å²) in [5.41, 5.74) is 0. The smallest absolute Gasteiger partial charge is 0.318 e. The minimum Gasteiger partial charge on any atom is -0.406 e.